The van der Waals surface area contributed by atoms with Crippen LogP contribution in [-0.2, 0) is 0 Å². The fourth-order valence-electron chi connectivity index (χ4n) is 2.26. The highest BCUT2D eigenvalue weighted by Gasteiger charge is 2.26. The van der Waals surface area contributed by atoms with Crippen LogP contribution < -0.4 is 11.1 Å². The van der Waals surface area contributed by atoms with E-state index >= 15 is 0 Å². The molecule has 1 unspecified atom stereocenters. The number of carbonyl (C=O) groups excluding carboxylic acids is 2. The lowest BCUT2D eigenvalue weighted by Gasteiger charge is -2.13. The SMILES string of the molecule is NC(=O)N1CCC(NC(=O)c2csc(-c3ccc(Cl)s3)n2)C1. The maximum Gasteiger partial charge on any atom is 0.314 e. The molecule has 0 spiro atoms. The number of thiophene rings is 1. The van der Waals surface area contributed by atoms with Gasteiger partial charge in [0.05, 0.1) is 9.21 Å². The van der Waals surface area contributed by atoms with Crippen LogP contribution >= 0.6 is 34.3 Å². The van der Waals surface area contributed by atoms with E-state index in [9.17, 15) is 9.59 Å². The van der Waals surface area contributed by atoms with Gasteiger partial charge in [0.1, 0.15) is 10.7 Å². The largest absolute Gasteiger partial charge is 0.351 e. The minimum atomic E-state index is -0.456. The number of primary amides is 1. The Morgan fingerprint density at radius 2 is 2.27 bits per heavy atom. The zero-order valence-corrected chi connectivity index (χ0v) is 13.8. The van der Waals surface area contributed by atoms with Gasteiger partial charge in [-0.1, -0.05) is 11.6 Å². The molecule has 6 nitrogen and oxygen atoms in total. The predicted octanol–water partition coefficient (Wildman–Crippen LogP) is 2.41. The van der Waals surface area contributed by atoms with Crippen molar-refractivity contribution in [3.63, 3.8) is 0 Å². The van der Waals surface area contributed by atoms with Gasteiger partial charge in [-0.2, -0.15) is 0 Å². The summed E-state index contributed by atoms with van der Waals surface area (Å²) in [6.45, 7) is 1.01. The van der Waals surface area contributed by atoms with Gasteiger partial charge in [-0.25, -0.2) is 9.78 Å². The summed E-state index contributed by atoms with van der Waals surface area (Å²) in [6, 6.07) is 3.15. The third-order valence-corrected chi connectivity index (χ3v) is 5.60. The molecule has 9 heteroatoms. The lowest BCUT2D eigenvalue weighted by atomic mass is 10.2. The molecule has 116 valence electrons. The first-order valence-electron chi connectivity index (χ1n) is 6.59. The number of hydrogen-bond donors (Lipinski definition) is 2. The van der Waals surface area contributed by atoms with E-state index in [0.717, 1.165) is 9.88 Å². The molecule has 0 aromatic carbocycles. The summed E-state index contributed by atoms with van der Waals surface area (Å²) >= 11 is 8.73. The van der Waals surface area contributed by atoms with E-state index in [1.807, 2.05) is 6.07 Å². The number of nitrogens with one attached hydrogen (secondary N) is 1. The number of rotatable bonds is 3. The third-order valence-electron chi connectivity index (χ3n) is 3.36. The maximum atomic E-state index is 12.2. The molecule has 0 aliphatic carbocycles. The van der Waals surface area contributed by atoms with E-state index in [4.69, 9.17) is 17.3 Å². The highest BCUT2D eigenvalue weighted by molar-refractivity contribution is 7.23. The Morgan fingerprint density at radius 1 is 1.45 bits per heavy atom. The molecule has 1 saturated heterocycles. The van der Waals surface area contributed by atoms with Crippen molar-refractivity contribution in [3.8, 4) is 9.88 Å². The van der Waals surface area contributed by atoms with Gasteiger partial charge in [-0.15, -0.1) is 22.7 Å². The van der Waals surface area contributed by atoms with E-state index in [2.05, 4.69) is 10.3 Å². The quantitative estimate of drug-likeness (QED) is 0.885. The van der Waals surface area contributed by atoms with Crippen molar-refractivity contribution < 1.29 is 9.59 Å². The van der Waals surface area contributed by atoms with Crippen molar-refractivity contribution in [1.29, 1.82) is 0 Å². The summed E-state index contributed by atoms with van der Waals surface area (Å²) in [4.78, 5) is 30.1. The molecule has 1 fully saturated rings. The maximum absolute atomic E-state index is 12.2. The first kappa shape index (κ1) is 15.3. The van der Waals surface area contributed by atoms with Crippen LogP contribution in [0.15, 0.2) is 17.5 Å². The molecule has 3 amide bonds. The standard InChI is InChI=1S/C13H13ClN4O2S2/c14-10-2-1-9(22-10)12-17-8(6-21-12)11(19)16-7-3-4-18(5-7)13(15)20/h1-2,6-7H,3-5H2,(H2,15,20)(H,16,19). The Bertz CT molecular complexity index is 714. The molecule has 1 aliphatic heterocycles. The zero-order chi connectivity index (χ0) is 15.7. The molecule has 3 heterocycles. The zero-order valence-electron chi connectivity index (χ0n) is 11.4. The molecule has 0 radical (unpaired) electrons. The highest BCUT2D eigenvalue weighted by Crippen LogP contribution is 2.32. The van der Waals surface area contributed by atoms with Crippen molar-refractivity contribution in [2.75, 3.05) is 13.1 Å². The smallest absolute Gasteiger partial charge is 0.314 e. The van der Waals surface area contributed by atoms with Crippen LogP contribution in [0.2, 0.25) is 4.34 Å². The Kier molecular flexibility index (Phi) is 4.32. The van der Waals surface area contributed by atoms with E-state index < -0.39 is 6.03 Å². The fourth-order valence-corrected chi connectivity index (χ4v) is 4.17. The number of aromatic nitrogens is 1. The molecular formula is C13H13ClN4O2S2. The molecular weight excluding hydrogens is 344 g/mol. The molecule has 1 atom stereocenters. The highest BCUT2D eigenvalue weighted by atomic mass is 35.5. The fraction of sp³-hybridized carbons (Fsp3) is 0.308. The van der Waals surface area contributed by atoms with E-state index in [1.54, 1.807) is 11.4 Å². The lowest BCUT2D eigenvalue weighted by molar-refractivity contribution is 0.0933. The second kappa shape index (κ2) is 6.23. The summed E-state index contributed by atoms with van der Waals surface area (Å²) in [5, 5.41) is 5.38. The van der Waals surface area contributed by atoms with E-state index in [-0.39, 0.29) is 11.9 Å². The average molecular weight is 357 g/mol. The van der Waals surface area contributed by atoms with Crippen LogP contribution in [0.3, 0.4) is 0 Å². The molecule has 1 aliphatic rings. The van der Waals surface area contributed by atoms with Gasteiger partial charge >= 0.3 is 6.03 Å². The van der Waals surface area contributed by atoms with Gasteiger partial charge < -0.3 is 16.0 Å². The van der Waals surface area contributed by atoms with Gasteiger partial charge in [0.2, 0.25) is 0 Å². The molecule has 0 saturated carbocycles. The Balaban J connectivity index is 1.64. The summed E-state index contributed by atoms with van der Waals surface area (Å²) < 4.78 is 0.689. The third kappa shape index (κ3) is 3.23. The first-order valence-corrected chi connectivity index (χ1v) is 8.67. The van der Waals surface area contributed by atoms with Crippen LogP contribution in [0.5, 0.6) is 0 Å². The number of nitrogens with two attached hydrogens (primary N) is 1. The Hall–Kier alpha value is -1.64. The summed E-state index contributed by atoms with van der Waals surface area (Å²) in [5.41, 5.74) is 5.60. The number of amides is 3. The van der Waals surface area contributed by atoms with Crippen LogP contribution in [0.4, 0.5) is 4.79 Å². The van der Waals surface area contributed by atoms with Crippen LogP contribution in [0.1, 0.15) is 16.9 Å². The summed E-state index contributed by atoms with van der Waals surface area (Å²) in [5.74, 6) is -0.235. The Labute approximate surface area is 139 Å². The minimum Gasteiger partial charge on any atom is -0.351 e. The molecule has 2 aromatic rings. The summed E-state index contributed by atoms with van der Waals surface area (Å²) in [6.07, 6.45) is 0.701. The molecule has 0 bridgehead atoms. The Morgan fingerprint density at radius 3 is 2.91 bits per heavy atom. The minimum absolute atomic E-state index is 0.0821. The monoisotopic (exact) mass is 356 g/mol. The first-order chi connectivity index (χ1) is 10.5. The number of nitrogens with zero attached hydrogens (tertiary/aromatic N) is 2. The summed E-state index contributed by atoms with van der Waals surface area (Å²) in [7, 11) is 0. The van der Waals surface area contributed by atoms with E-state index in [0.29, 0.717) is 29.5 Å². The van der Waals surface area contributed by atoms with Crippen molar-refractivity contribution in [2.24, 2.45) is 5.73 Å². The number of likely N-dealkylation sites (tertiary alicyclic amines) is 1. The predicted molar refractivity (Wildman–Crippen MR) is 87.5 cm³/mol. The van der Waals surface area contributed by atoms with Crippen LogP contribution in [0.25, 0.3) is 9.88 Å². The topological polar surface area (TPSA) is 88.3 Å². The van der Waals surface area contributed by atoms with Crippen molar-refractivity contribution in [3.05, 3.63) is 27.5 Å². The van der Waals surface area contributed by atoms with E-state index in [1.165, 1.54) is 27.6 Å². The molecule has 3 rings (SSSR count). The van der Waals surface area contributed by atoms with Crippen LogP contribution in [0, 0.1) is 0 Å². The normalized spacial score (nSPS) is 17.7. The van der Waals surface area contributed by atoms with Crippen molar-refractivity contribution in [1.82, 2.24) is 15.2 Å². The van der Waals surface area contributed by atoms with Gasteiger partial charge in [0.15, 0.2) is 0 Å². The molecule has 2 aromatic heterocycles. The number of carbonyl (C=O) groups is 2. The second-order valence-corrected chi connectivity index (χ2v) is 7.46. The molecule has 3 N–H and O–H groups in total. The van der Waals surface area contributed by atoms with Gasteiger partial charge in [-0.05, 0) is 18.6 Å². The molecule has 22 heavy (non-hydrogen) atoms. The van der Waals surface area contributed by atoms with Gasteiger partial charge in [0, 0.05) is 24.5 Å². The number of halogens is 1. The lowest BCUT2D eigenvalue weighted by Crippen LogP contribution is -2.40. The van der Waals surface area contributed by atoms with Gasteiger partial charge in [0.25, 0.3) is 5.91 Å². The second-order valence-electron chi connectivity index (χ2n) is 4.88. The van der Waals surface area contributed by atoms with Gasteiger partial charge in [-0.3, -0.25) is 4.79 Å². The average Bonchev–Trinajstić information content (AvgIpc) is 3.16. The number of hydrogen-bond acceptors (Lipinski definition) is 5. The van der Waals surface area contributed by atoms with Crippen molar-refractivity contribution >= 4 is 46.2 Å². The number of urea groups is 1. The number of thiazole rings is 1. The van der Waals surface area contributed by atoms with Crippen LogP contribution in [-0.4, -0.2) is 41.0 Å². The van der Waals surface area contributed by atoms with Crippen molar-refractivity contribution in [2.45, 2.75) is 12.5 Å².